The van der Waals surface area contributed by atoms with E-state index in [0.29, 0.717) is 5.82 Å². The van der Waals surface area contributed by atoms with Crippen LogP contribution >= 0.6 is 0 Å². The molecule has 0 fully saturated rings. The molecule has 5 nitrogen and oxygen atoms in total. The van der Waals surface area contributed by atoms with E-state index in [1.165, 1.54) is 4.80 Å². The summed E-state index contributed by atoms with van der Waals surface area (Å²) < 4.78 is 0. The van der Waals surface area contributed by atoms with Crippen molar-refractivity contribution in [3.63, 3.8) is 0 Å². The van der Waals surface area contributed by atoms with Crippen LogP contribution < -0.4 is 0 Å². The third kappa shape index (κ3) is 1.22. The molecule has 0 bridgehead atoms. The Labute approximate surface area is 52.1 Å². The first-order chi connectivity index (χ1) is 4.33. The summed E-state index contributed by atoms with van der Waals surface area (Å²) in [5.41, 5.74) is 0. The summed E-state index contributed by atoms with van der Waals surface area (Å²) in [5.74, 6) is 0.479. The van der Waals surface area contributed by atoms with E-state index in [0.717, 1.165) is 0 Å². The Bertz CT molecular complexity index is 231. The van der Waals surface area contributed by atoms with Crippen molar-refractivity contribution >= 4 is 0 Å². The van der Waals surface area contributed by atoms with Gasteiger partial charge in [0.05, 0.1) is 7.05 Å². The number of tetrazole rings is 1. The van der Waals surface area contributed by atoms with Gasteiger partial charge in [-0.3, -0.25) is 0 Å². The maximum Gasteiger partial charge on any atom is 0.277 e. The molecular formula is C4H5N5. The Morgan fingerprint density at radius 3 is 3.00 bits per heavy atom. The Hall–Kier alpha value is -1.44. The van der Waals surface area contributed by atoms with E-state index < -0.39 is 0 Å². The molecule has 0 atom stereocenters. The van der Waals surface area contributed by atoms with Gasteiger partial charge in [-0.1, -0.05) is 0 Å². The molecule has 46 valence electrons. The summed E-state index contributed by atoms with van der Waals surface area (Å²) in [6.07, 6.45) is 0. The summed E-state index contributed by atoms with van der Waals surface area (Å²) in [4.78, 5) is 4.42. The lowest BCUT2D eigenvalue weighted by Gasteiger charge is -1.75. The monoisotopic (exact) mass is 123 g/mol. The molecule has 0 N–H and O–H groups in total. The van der Waals surface area contributed by atoms with Crippen LogP contribution in [0.1, 0.15) is 5.82 Å². The van der Waals surface area contributed by atoms with Crippen molar-refractivity contribution in [2.75, 3.05) is 0 Å². The maximum atomic E-state index is 6.46. The van der Waals surface area contributed by atoms with Gasteiger partial charge in [0.2, 0.25) is 0 Å². The summed E-state index contributed by atoms with van der Waals surface area (Å²) >= 11 is 0. The fourth-order valence-electron chi connectivity index (χ4n) is 0.457. The highest BCUT2D eigenvalue weighted by Crippen LogP contribution is 1.85. The summed E-state index contributed by atoms with van der Waals surface area (Å²) in [7, 11) is 1.67. The quantitative estimate of drug-likeness (QED) is 0.478. The number of hydrogen-bond donors (Lipinski definition) is 0. The van der Waals surface area contributed by atoms with Crippen molar-refractivity contribution in [2.45, 2.75) is 6.54 Å². The van der Waals surface area contributed by atoms with E-state index in [1.807, 2.05) is 0 Å². The molecule has 9 heavy (non-hydrogen) atoms. The number of aryl methyl sites for hydroxylation is 1. The zero-order chi connectivity index (χ0) is 6.69. The zero-order valence-electron chi connectivity index (χ0n) is 4.94. The van der Waals surface area contributed by atoms with Crippen LogP contribution in [0.3, 0.4) is 0 Å². The Morgan fingerprint density at radius 2 is 2.56 bits per heavy atom. The van der Waals surface area contributed by atoms with Crippen LogP contribution in [0.2, 0.25) is 0 Å². The average Bonchev–Trinajstić information content (AvgIpc) is 2.17. The molecule has 0 spiro atoms. The minimum Gasteiger partial charge on any atom is -0.308 e. The van der Waals surface area contributed by atoms with Crippen LogP contribution in [0.5, 0.6) is 0 Å². The van der Waals surface area contributed by atoms with Crippen LogP contribution in [0, 0.1) is 6.57 Å². The third-order valence-electron chi connectivity index (χ3n) is 0.770. The molecule has 0 aliphatic rings. The van der Waals surface area contributed by atoms with Gasteiger partial charge in [-0.15, -0.1) is 10.2 Å². The van der Waals surface area contributed by atoms with Crippen molar-refractivity contribution in [3.05, 3.63) is 17.2 Å². The van der Waals surface area contributed by atoms with Gasteiger partial charge in [-0.25, -0.2) is 6.57 Å². The second-order valence-electron chi connectivity index (χ2n) is 1.51. The highest BCUT2D eigenvalue weighted by atomic mass is 15.6. The van der Waals surface area contributed by atoms with E-state index in [2.05, 4.69) is 20.3 Å². The Kier molecular flexibility index (Phi) is 1.40. The molecule has 1 aromatic heterocycles. The van der Waals surface area contributed by atoms with Gasteiger partial charge < -0.3 is 4.85 Å². The minimum absolute atomic E-state index is 0.216. The molecule has 1 heterocycles. The van der Waals surface area contributed by atoms with Crippen molar-refractivity contribution in [1.29, 1.82) is 0 Å². The van der Waals surface area contributed by atoms with Gasteiger partial charge >= 0.3 is 0 Å². The molecule has 0 amide bonds. The van der Waals surface area contributed by atoms with Crippen molar-refractivity contribution in [1.82, 2.24) is 20.2 Å². The molecule has 0 unspecified atom stereocenters. The van der Waals surface area contributed by atoms with Crippen LogP contribution in [0.4, 0.5) is 0 Å². The fraction of sp³-hybridized carbons (Fsp3) is 0.500. The first-order valence-corrected chi connectivity index (χ1v) is 2.39. The Morgan fingerprint density at radius 1 is 1.78 bits per heavy atom. The summed E-state index contributed by atoms with van der Waals surface area (Å²) in [6.45, 7) is 6.67. The predicted octanol–water partition coefficient (Wildman–Crippen LogP) is -0.371. The molecule has 0 aliphatic heterocycles. The molecule has 0 radical (unpaired) electrons. The number of aromatic nitrogens is 4. The number of nitrogens with zero attached hydrogens (tertiary/aromatic N) is 5. The second-order valence-corrected chi connectivity index (χ2v) is 1.51. The molecule has 5 heteroatoms. The van der Waals surface area contributed by atoms with Crippen LogP contribution in [-0.2, 0) is 13.6 Å². The van der Waals surface area contributed by atoms with Crippen LogP contribution in [0.15, 0.2) is 0 Å². The largest absolute Gasteiger partial charge is 0.308 e. The minimum atomic E-state index is 0.216. The van der Waals surface area contributed by atoms with E-state index >= 15 is 0 Å². The fourth-order valence-corrected chi connectivity index (χ4v) is 0.457. The lowest BCUT2D eigenvalue weighted by atomic mass is 10.6. The standard InChI is InChI=1S/C4H5N5/c1-5-3-4-6-8-9(2)7-4/h3H2,2H3. The molecular weight excluding hydrogens is 118 g/mol. The Balaban J connectivity index is 2.76. The summed E-state index contributed by atoms with van der Waals surface area (Å²) in [6, 6.07) is 0. The van der Waals surface area contributed by atoms with E-state index in [1.54, 1.807) is 7.05 Å². The van der Waals surface area contributed by atoms with Crippen LogP contribution in [0.25, 0.3) is 4.85 Å². The SMILES string of the molecule is [C-]#[N+]Cc1nnn(C)n1. The van der Waals surface area contributed by atoms with Crippen molar-refractivity contribution in [2.24, 2.45) is 7.05 Å². The smallest absolute Gasteiger partial charge is 0.277 e. The first kappa shape index (κ1) is 5.69. The van der Waals surface area contributed by atoms with Gasteiger partial charge in [0.1, 0.15) is 0 Å². The average molecular weight is 123 g/mol. The van der Waals surface area contributed by atoms with Crippen molar-refractivity contribution in [3.8, 4) is 0 Å². The van der Waals surface area contributed by atoms with Crippen molar-refractivity contribution < 1.29 is 0 Å². The first-order valence-electron chi connectivity index (χ1n) is 2.39. The second kappa shape index (κ2) is 2.22. The predicted molar refractivity (Wildman–Crippen MR) is 29.1 cm³/mol. The molecule has 1 rings (SSSR count). The highest BCUT2D eigenvalue weighted by molar-refractivity contribution is 4.80. The lowest BCUT2D eigenvalue weighted by molar-refractivity contribution is 0.628. The lowest BCUT2D eigenvalue weighted by Crippen LogP contribution is -1.92. The van der Waals surface area contributed by atoms with Gasteiger partial charge in [0, 0.05) is 0 Å². The van der Waals surface area contributed by atoms with Gasteiger partial charge in [-0.2, -0.15) is 4.80 Å². The van der Waals surface area contributed by atoms with Gasteiger partial charge in [0.15, 0.2) is 0 Å². The van der Waals surface area contributed by atoms with E-state index in [9.17, 15) is 0 Å². The van der Waals surface area contributed by atoms with Gasteiger partial charge in [-0.05, 0) is 5.21 Å². The highest BCUT2D eigenvalue weighted by Gasteiger charge is 1.99. The van der Waals surface area contributed by atoms with E-state index in [-0.39, 0.29) is 6.54 Å². The number of hydrogen-bond acceptors (Lipinski definition) is 3. The number of rotatable bonds is 1. The van der Waals surface area contributed by atoms with Crippen LogP contribution in [-0.4, -0.2) is 20.2 Å². The normalized spacial score (nSPS) is 8.89. The molecule has 0 saturated carbocycles. The topological polar surface area (TPSA) is 48.0 Å². The zero-order valence-corrected chi connectivity index (χ0v) is 4.94. The van der Waals surface area contributed by atoms with E-state index in [4.69, 9.17) is 6.57 Å². The van der Waals surface area contributed by atoms with Gasteiger partial charge in [0.25, 0.3) is 12.4 Å². The molecule has 0 aliphatic carbocycles. The molecule has 0 aromatic carbocycles. The molecule has 1 aromatic rings. The molecule has 0 saturated heterocycles. The maximum absolute atomic E-state index is 6.46. The third-order valence-corrected chi connectivity index (χ3v) is 0.770. The summed E-state index contributed by atoms with van der Waals surface area (Å²) in [5, 5.41) is 10.9.